The van der Waals surface area contributed by atoms with Crippen molar-refractivity contribution in [2.24, 2.45) is 0 Å². The van der Waals surface area contributed by atoms with Gasteiger partial charge in [0, 0.05) is 35.5 Å². The Balaban J connectivity index is 1.31. The Morgan fingerprint density at radius 3 is 2.15 bits per heavy atom. The number of aromatic nitrogens is 1. The van der Waals surface area contributed by atoms with E-state index in [0.717, 1.165) is 36.0 Å². The van der Waals surface area contributed by atoms with Crippen LogP contribution in [0.3, 0.4) is 0 Å². The fourth-order valence-corrected chi connectivity index (χ4v) is 5.23. The number of hydrogen-bond donors (Lipinski definition) is 1. The highest BCUT2D eigenvalue weighted by molar-refractivity contribution is 5.97. The zero-order chi connectivity index (χ0) is 28.6. The number of rotatable bonds is 11. The Morgan fingerprint density at radius 2 is 1.46 bits per heavy atom. The van der Waals surface area contributed by atoms with Crippen LogP contribution in [0, 0.1) is 0 Å². The van der Waals surface area contributed by atoms with Crippen LogP contribution in [0.2, 0.25) is 0 Å². The average molecular weight is 545 g/mol. The number of nitrogens with zero attached hydrogens (tertiary/aromatic N) is 1. The molecule has 208 valence electrons. The molecule has 1 atom stereocenters. The van der Waals surface area contributed by atoms with Crippen molar-refractivity contribution in [3.8, 4) is 22.3 Å². The molecule has 5 nitrogen and oxygen atoms in total. The van der Waals surface area contributed by atoms with Crippen molar-refractivity contribution in [1.29, 1.82) is 0 Å². The van der Waals surface area contributed by atoms with E-state index in [9.17, 15) is 9.59 Å². The summed E-state index contributed by atoms with van der Waals surface area (Å²) in [5.41, 5.74) is 8.68. The predicted octanol–water partition coefficient (Wildman–Crippen LogP) is 7.52. The Hall–Kier alpha value is -4.64. The fraction of sp³-hybridized carbons (Fsp3) is 0.222. The average Bonchev–Trinajstić information content (AvgIpc) is 3.39. The molecule has 0 saturated carbocycles. The van der Waals surface area contributed by atoms with Gasteiger partial charge in [-0.05, 0) is 71.8 Å². The summed E-state index contributed by atoms with van der Waals surface area (Å²) in [7, 11) is 0. The fourth-order valence-electron chi connectivity index (χ4n) is 5.23. The highest BCUT2D eigenvalue weighted by Gasteiger charge is 2.23. The molecule has 0 aliphatic rings. The second-order valence-corrected chi connectivity index (χ2v) is 10.2. The lowest BCUT2D eigenvalue weighted by Crippen LogP contribution is -2.43. The highest BCUT2D eigenvalue weighted by Crippen LogP contribution is 2.32. The van der Waals surface area contributed by atoms with Gasteiger partial charge in [0.05, 0.1) is 6.61 Å². The zero-order valence-corrected chi connectivity index (χ0v) is 23.7. The lowest BCUT2D eigenvalue weighted by atomic mass is 9.96. The van der Waals surface area contributed by atoms with Gasteiger partial charge in [-0.25, -0.2) is 4.79 Å². The van der Waals surface area contributed by atoms with Gasteiger partial charge in [0.15, 0.2) is 0 Å². The molecule has 41 heavy (non-hydrogen) atoms. The second kappa shape index (κ2) is 13.1. The standard InChI is InChI=1S/C36H36N2O3/c1-3-5-13-31-32(25-38-23-10-9-14-34(31)38)29-19-15-27(16-20-29)28-17-21-30(22-18-28)35(39)37-33(36(40)41-4-2)24-26-11-7-6-8-12-26/h6-12,14-23,25,33H,3-5,13,24H2,1-2H3,(H,37,39)/t33-/m0/s1. The lowest BCUT2D eigenvalue weighted by Gasteiger charge is -2.17. The maximum atomic E-state index is 13.1. The number of nitrogens with one attached hydrogen (secondary N) is 1. The topological polar surface area (TPSA) is 59.8 Å². The van der Waals surface area contributed by atoms with Crippen LogP contribution in [0.5, 0.6) is 0 Å². The number of ether oxygens (including phenoxy) is 1. The molecule has 0 unspecified atom stereocenters. The molecule has 0 saturated heterocycles. The number of aryl methyl sites for hydroxylation is 1. The van der Waals surface area contributed by atoms with Crippen LogP contribution >= 0.6 is 0 Å². The molecule has 1 amide bonds. The van der Waals surface area contributed by atoms with Gasteiger partial charge in [0.1, 0.15) is 6.04 Å². The number of unbranched alkanes of at least 4 members (excludes halogenated alkanes) is 1. The molecule has 5 aromatic rings. The van der Waals surface area contributed by atoms with Crippen LogP contribution < -0.4 is 5.32 Å². The van der Waals surface area contributed by atoms with Gasteiger partial charge in [-0.15, -0.1) is 0 Å². The molecule has 0 bridgehead atoms. The van der Waals surface area contributed by atoms with Gasteiger partial charge >= 0.3 is 5.97 Å². The summed E-state index contributed by atoms with van der Waals surface area (Å²) < 4.78 is 7.43. The molecule has 0 fully saturated rings. The van der Waals surface area contributed by atoms with Gasteiger partial charge in [-0.2, -0.15) is 0 Å². The molecule has 3 aromatic carbocycles. The van der Waals surface area contributed by atoms with E-state index >= 15 is 0 Å². The first-order valence-electron chi connectivity index (χ1n) is 14.4. The van der Waals surface area contributed by atoms with E-state index in [1.54, 1.807) is 19.1 Å². The first-order valence-corrected chi connectivity index (χ1v) is 14.4. The summed E-state index contributed by atoms with van der Waals surface area (Å²) in [6, 6.07) is 31.3. The minimum absolute atomic E-state index is 0.259. The number of fused-ring (bicyclic) bond motifs is 1. The quantitative estimate of drug-likeness (QED) is 0.175. The molecule has 0 spiro atoms. The van der Waals surface area contributed by atoms with E-state index in [1.165, 1.54) is 22.2 Å². The summed E-state index contributed by atoms with van der Waals surface area (Å²) in [5.74, 6) is -0.739. The van der Waals surface area contributed by atoms with Crippen LogP contribution in [0.25, 0.3) is 27.8 Å². The SMILES string of the molecule is CCCCc1c(-c2ccc(-c3ccc(C(=O)N[C@@H](Cc4ccccc4)C(=O)OCC)cc3)cc2)cn2ccccc12. The van der Waals surface area contributed by atoms with E-state index < -0.39 is 12.0 Å². The van der Waals surface area contributed by atoms with Crippen LogP contribution in [0.15, 0.2) is 109 Å². The normalized spacial score (nSPS) is 11.8. The number of esters is 1. The van der Waals surface area contributed by atoms with Crippen LogP contribution in [0.4, 0.5) is 0 Å². The van der Waals surface area contributed by atoms with Gasteiger partial charge < -0.3 is 14.5 Å². The van der Waals surface area contributed by atoms with Crippen molar-refractivity contribution in [3.05, 3.63) is 126 Å². The molecule has 0 radical (unpaired) electrons. The highest BCUT2D eigenvalue weighted by atomic mass is 16.5. The van der Waals surface area contributed by atoms with Gasteiger partial charge in [0.25, 0.3) is 5.91 Å². The third kappa shape index (κ3) is 6.58. The molecular weight excluding hydrogens is 508 g/mol. The summed E-state index contributed by atoms with van der Waals surface area (Å²) in [6.45, 7) is 4.25. The number of pyridine rings is 1. The van der Waals surface area contributed by atoms with Crippen molar-refractivity contribution in [3.63, 3.8) is 0 Å². The molecule has 5 heteroatoms. The molecular formula is C36H36N2O3. The number of carbonyl (C=O) groups excluding carboxylic acids is 2. The Bertz CT molecular complexity index is 1600. The number of hydrogen-bond acceptors (Lipinski definition) is 3. The van der Waals surface area contributed by atoms with Crippen molar-refractivity contribution < 1.29 is 14.3 Å². The number of benzene rings is 3. The summed E-state index contributed by atoms with van der Waals surface area (Å²) in [5, 5.41) is 2.87. The summed E-state index contributed by atoms with van der Waals surface area (Å²) >= 11 is 0. The molecule has 2 heterocycles. The van der Waals surface area contributed by atoms with E-state index in [1.807, 2.05) is 42.5 Å². The largest absolute Gasteiger partial charge is 0.464 e. The first-order chi connectivity index (χ1) is 20.1. The maximum absolute atomic E-state index is 13.1. The van der Waals surface area contributed by atoms with Gasteiger partial charge in [-0.3, -0.25) is 4.79 Å². The lowest BCUT2D eigenvalue weighted by molar-refractivity contribution is -0.145. The first kappa shape index (κ1) is 27.9. The molecule has 2 aromatic heterocycles. The zero-order valence-electron chi connectivity index (χ0n) is 23.7. The third-order valence-corrected chi connectivity index (χ3v) is 7.41. The predicted molar refractivity (Wildman–Crippen MR) is 165 cm³/mol. The van der Waals surface area contributed by atoms with E-state index in [0.29, 0.717) is 12.0 Å². The Labute approximate surface area is 241 Å². The van der Waals surface area contributed by atoms with Crippen LogP contribution in [0.1, 0.15) is 48.2 Å². The van der Waals surface area contributed by atoms with E-state index in [-0.39, 0.29) is 12.5 Å². The minimum Gasteiger partial charge on any atom is -0.464 e. The van der Waals surface area contributed by atoms with Gasteiger partial charge in [-0.1, -0.05) is 86.1 Å². The minimum atomic E-state index is -0.759. The van der Waals surface area contributed by atoms with Crippen molar-refractivity contribution in [2.75, 3.05) is 6.61 Å². The smallest absolute Gasteiger partial charge is 0.328 e. The monoisotopic (exact) mass is 544 g/mol. The van der Waals surface area contributed by atoms with E-state index in [2.05, 4.69) is 71.5 Å². The van der Waals surface area contributed by atoms with E-state index in [4.69, 9.17) is 4.74 Å². The molecule has 1 N–H and O–H groups in total. The third-order valence-electron chi connectivity index (χ3n) is 7.41. The maximum Gasteiger partial charge on any atom is 0.328 e. The van der Waals surface area contributed by atoms with Crippen molar-refractivity contribution in [1.82, 2.24) is 9.72 Å². The van der Waals surface area contributed by atoms with Gasteiger partial charge in [0.2, 0.25) is 0 Å². The van der Waals surface area contributed by atoms with Crippen molar-refractivity contribution in [2.45, 2.75) is 45.6 Å². The Morgan fingerprint density at radius 1 is 0.805 bits per heavy atom. The van der Waals surface area contributed by atoms with Crippen molar-refractivity contribution >= 4 is 17.4 Å². The van der Waals surface area contributed by atoms with Crippen LogP contribution in [-0.2, 0) is 22.4 Å². The second-order valence-electron chi connectivity index (χ2n) is 10.2. The molecule has 5 rings (SSSR count). The Kier molecular flexibility index (Phi) is 8.95. The number of amides is 1. The van der Waals surface area contributed by atoms with Crippen LogP contribution in [-0.4, -0.2) is 28.9 Å². The number of carbonyl (C=O) groups is 2. The summed E-state index contributed by atoms with van der Waals surface area (Å²) in [6.07, 6.45) is 8.08. The summed E-state index contributed by atoms with van der Waals surface area (Å²) in [4.78, 5) is 25.6. The molecule has 0 aliphatic carbocycles. The molecule has 0 aliphatic heterocycles.